The van der Waals surface area contributed by atoms with Crippen molar-refractivity contribution in [1.29, 1.82) is 0 Å². The first kappa shape index (κ1) is 11.4. The zero-order valence-corrected chi connectivity index (χ0v) is 10.7. The van der Waals surface area contributed by atoms with Gasteiger partial charge in [0, 0.05) is 31.7 Å². The van der Waals surface area contributed by atoms with Gasteiger partial charge in [0.15, 0.2) is 0 Å². The van der Waals surface area contributed by atoms with Crippen molar-refractivity contribution in [2.75, 3.05) is 19.6 Å². The van der Waals surface area contributed by atoms with E-state index in [1.165, 1.54) is 32.5 Å². The fourth-order valence-corrected chi connectivity index (χ4v) is 2.48. The molecule has 1 saturated heterocycles. The molecule has 2 atom stereocenters. The molecule has 0 bridgehead atoms. The topological polar surface area (TPSA) is 15.3 Å². The van der Waals surface area contributed by atoms with Gasteiger partial charge in [-0.15, -0.1) is 0 Å². The van der Waals surface area contributed by atoms with Crippen molar-refractivity contribution in [3.63, 3.8) is 0 Å². The van der Waals surface area contributed by atoms with E-state index in [0.29, 0.717) is 11.5 Å². The predicted molar refractivity (Wildman–Crippen MR) is 65.0 cm³/mol. The first-order valence-electron chi connectivity index (χ1n) is 6.48. The van der Waals surface area contributed by atoms with Gasteiger partial charge in [0.05, 0.1) is 0 Å². The number of nitrogens with one attached hydrogen (secondary N) is 1. The summed E-state index contributed by atoms with van der Waals surface area (Å²) in [4.78, 5) is 2.70. The van der Waals surface area contributed by atoms with Gasteiger partial charge in [-0.2, -0.15) is 0 Å². The largest absolute Gasteiger partial charge is 0.311 e. The van der Waals surface area contributed by atoms with Gasteiger partial charge >= 0.3 is 0 Å². The number of rotatable bonds is 3. The zero-order chi connectivity index (χ0) is 11.1. The highest BCUT2D eigenvalue weighted by Crippen LogP contribution is 2.45. The van der Waals surface area contributed by atoms with Crippen LogP contribution in [-0.4, -0.2) is 36.6 Å². The Hall–Kier alpha value is -0.0800. The molecule has 1 aliphatic heterocycles. The molecule has 2 rings (SSSR count). The maximum Gasteiger partial charge on any atom is 0.0218 e. The van der Waals surface area contributed by atoms with Crippen LogP contribution >= 0.6 is 0 Å². The lowest BCUT2D eigenvalue weighted by Crippen LogP contribution is -2.58. The molecule has 0 amide bonds. The van der Waals surface area contributed by atoms with Gasteiger partial charge in [0.2, 0.25) is 0 Å². The van der Waals surface area contributed by atoms with Gasteiger partial charge in [-0.3, -0.25) is 4.90 Å². The lowest BCUT2D eigenvalue weighted by atomic mass is 9.98. The molecule has 0 aromatic heterocycles. The second kappa shape index (κ2) is 4.06. The molecule has 2 unspecified atom stereocenters. The van der Waals surface area contributed by atoms with Gasteiger partial charge in [-0.25, -0.2) is 0 Å². The molecule has 1 N–H and O–H groups in total. The van der Waals surface area contributed by atoms with E-state index in [4.69, 9.17) is 0 Å². The Bertz CT molecular complexity index is 221. The van der Waals surface area contributed by atoms with Crippen LogP contribution in [0.15, 0.2) is 0 Å². The molecular formula is C13H26N2. The molecule has 1 heterocycles. The summed E-state index contributed by atoms with van der Waals surface area (Å²) in [7, 11) is 0. The van der Waals surface area contributed by atoms with Crippen molar-refractivity contribution >= 4 is 0 Å². The summed E-state index contributed by atoms with van der Waals surface area (Å²) in [5.41, 5.74) is 0.660. The Kier molecular flexibility index (Phi) is 3.09. The minimum atomic E-state index is 0.660. The normalized spacial score (nSPS) is 35.8. The van der Waals surface area contributed by atoms with Crippen LogP contribution in [0, 0.1) is 11.3 Å². The van der Waals surface area contributed by atoms with Crippen molar-refractivity contribution in [2.24, 2.45) is 11.3 Å². The maximum absolute atomic E-state index is 3.66. The van der Waals surface area contributed by atoms with E-state index >= 15 is 0 Å². The highest BCUT2D eigenvalue weighted by atomic mass is 15.2. The van der Waals surface area contributed by atoms with Crippen molar-refractivity contribution in [1.82, 2.24) is 10.2 Å². The number of piperazine rings is 1. The quantitative estimate of drug-likeness (QED) is 0.767. The number of hydrogen-bond acceptors (Lipinski definition) is 2. The molecule has 0 aromatic carbocycles. The molecule has 0 spiro atoms. The first-order chi connectivity index (χ1) is 7.00. The second-order valence-electron chi connectivity index (χ2n) is 6.35. The molecule has 0 aromatic rings. The van der Waals surface area contributed by atoms with Crippen LogP contribution in [0.4, 0.5) is 0 Å². The molecule has 0 radical (unpaired) electrons. The van der Waals surface area contributed by atoms with Crippen LogP contribution < -0.4 is 5.32 Å². The van der Waals surface area contributed by atoms with E-state index in [1.54, 1.807) is 0 Å². The highest BCUT2D eigenvalue weighted by Gasteiger charge is 2.40. The van der Waals surface area contributed by atoms with Crippen molar-refractivity contribution in [2.45, 2.75) is 52.6 Å². The minimum absolute atomic E-state index is 0.660. The summed E-state index contributed by atoms with van der Waals surface area (Å²) in [6.07, 6.45) is 2.88. The molecule has 88 valence electrons. The van der Waals surface area contributed by atoms with E-state index in [1.807, 2.05) is 0 Å². The third-order valence-electron chi connectivity index (χ3n) is 4.22. The van der Waals surface area contributed by atoms with Crippen LogP contribution in [0.2, 0.25) is 0 Å². The third kappa shape index (κ3) is 2.73. The lowest BCUT2D eigenvalue weighted by molar-refractivity contribution is 0.103. The zero-order valence-electron chi connectivity index (χ0n) is 10.7. The van der Waals surface area contributed by atoms with Gasteiger partial charge in [0.1, 0.15) is 0 Å². The Labute approximate surface area is 94.4 Å². The van der Waals surface area contributed by atoms with Gasteiger partial charge in [-0.05, 0) is 31.1 Å². The summed E-state index contributed by atoms with van der Waals surface area (Å²) in [5.74, 6) is 0.756. The average Bonchev–Trinajstić information content (AvgIpc) is 2.87. The average molecular weight is 210 g/mol. The van der Waals surface area contributed by atoms with E-state index < -0.39 is 0 Å². The molecule has 2 aliphatic rings. The van der Waals surface area contributed by atoms with Crippen LogP contribution in [0.3, 0.4) is 0 Å². The smallest absolute Gasteiger partial charge is 0.0218 e. The van der Waals surface area contributed by atoms with Crippen LogP contribution in [0.5, 0.6) is 0 Å². The highest BCUT2D eigenvalue weighted by molar-refractivity contribution is 4.95. The summed E-state index contributed by atoms with van der Waals surface area (Å²) in [6.45, 7) is 13.2. The van der Waals surface area contributed by atoms with Crippen LogP contribution in [0.1, 0.15) is 40.5 Å². The first-order valence-corrected chi connectivity index (χ1v) is 6.48. The van der Waals surface area contributed by atoms with Crippen molar-refractivity contribution in [3.05, 3.63) is 0 Å². The summed E-state index contributed by atoms with van der Waals surface area (Å²) in [6, 6.07) is 1.42. The second-order valence-corrected chi connectivity index (χ2v) is 6.35. The van der Waals surface area contributed by atoms with Crippen molar-refractivity contribution < 1.29 is 0 Å². The number of nitrogens with zero attached hydrogens (tertiary/aromatic N) is 1. The van der Waals surface area contributed by atoms with E-state index in [2.05, 4.69) is 37.9 Å². The maximum atomic E-state index is 3.66. The van der Waals surface area contributed by atoms with E-state index in [-0.39, 0.29) is 0 Å². The standard InChI is InChI=1S/C13H26N2/c1-10(2)12-8-15(11(3)7-14-12)9-13(4)5-6-13/h10-12,14H,5-9H2,1-4H3. The molecule has 2 heteroatoms. The fraction of sp³-hybridized carbons (Fsp3) is 1.00. The molecule has 2 nitrogen and oxygen atoms in total. The molecule has 15 heavy (non-hydrogen) atoms. The van der Waals surface area contributed by atoms with Gasteiger partial charge in [0.25, 0.3) is 0 Å². The van der Waals surface area contributed by atoms with E-state index in [9.17, 15) is 0 Å². The summed E-state index contributed by atoms with van der Waals surface area (Å²) < 4.78 is 0. The SMILES string of the molecule is CC(C)C1CN(CC2(C)CC2)C(C)CN1. The monoisotopic (exact) mass is 210 g/mol. The van der Waals surface area contributed by atoms with Crippen LogP contribution in [-0.2, 0) is 0 Å². The Morgan fingerprint density at radius 2 is 2.07 bits per heavy atom. The Morgan fingerprint density at radius 1 is 1.40 bits per heavy atom. The van der Waals surface area contributed by atoms with Gasteiger partial charge in [-0.1, -0.05) is 20.8 Å². The molecule has 1 saturated carbocycles. The van der Waals surface area contributed by atoms with Gasteiger partial charge < -0.3 is 5.32 Å². The third-order valence-corrected chi connectivity index (χ3v) is 4.22. The number of hydrogen-bond donors (Lipinski definition) is 1. The summed E-state index contributed by atoms with van der Waals surface area (Å²) in [5, 5.41) is 3.66. The Morgan fingerprint density at radius 3 is 2.60 bits per heavy atom. The van der Waals surface area contributed by atoms with E-state index in [0.717, 1.165) is 12.0 Å². The van der Waals surface area contributed by atoms with Crippen LogP contribution in [0.25, 0.3) is 0 Å². The predicted octanol–water partition coefficient (Wildman–Crippen LogP) is 2.10. The summed E-state index contributed by atoms with van der Waals surface area (Å²) >= 11 is 0. The molecule has 2 fully saturated rings. The Balaban J connectivity index is 1.90. The fourth-order valence-electron chi connectivity index (χ4n) is 2.48. The molecule has 1 aliphatic carbocycles. The lowest BCUT2D eigenvalue weighted by Gasteiger charge is -2.41. The van der Waals surface area contributed by atoms with Crippen molar-refractivity contribution in [3.8, 4) is 0 Å². The molecular weight excluding hydrogens is 184 g/mol. The minimum Gasteiger partial charge on any atom is -0.311 e.